The number of hydrazone groups is 1. The molecule has 0 atom stereocenters. The molecule has 0 aromatic heterocycles. The maximum atomic E-state index is 7.87. The SMILES string of the molecule is CC(C)/C=N/NO.Cc1ccc(C)c(N)c1.[HH].[HH].[Pr]. The first-order valence-electron chi connectivity index (χ1n) is 5.22. The average molecular weight is 368 g/mol. The van der Waals surface area contributed by atoms with Crippen LogP contribution in [0.3, 0.4) is 0 Å². The molecule has 5 heteroatoms. The smallest absolute Gasteiger partial charge is 0.0346 e. The summed E-state index contributed by atoms with van der Waals surface area (Å²) in [4.78, 5) is 0. The van der Waals surface area contributed by atoms with Crippen LogP contribution in [0.2, 0.25) is 0 Å². The van der Waals surface area contributed by atoms with Crippen molar-refractivity contribution in [1.29, 1.82) is 0 Å². The van der Waals surface area contributed by atoms with Gasteiger partial charge in [0.1, 0.15) is 0 Å². The van der Waals surface area contributed by atoms with Gasteiger partial charge in [0.25, 0.3) is 0 Å². The van der Waals surface area contributed by atoms with Crippen LogP contribution < -0.4 is 11.3 Å². The van der Waals surface area contributed by atoms with Crippen LogP contribution in [0.4, 0.5) is 5.69 Å². The van der Waals surface area contributed by atoms with E-state index in [9.17, 15) is 0 Å². The minimum Gasteiger partial charge on any atom is -0.399 e. The van der Waals surface area contributed by atoms with E-state index in [2.05, 4.69) is 11.2 Å². The van der Waals surface area contributed by atoms with E-state index in [-0.39, 0.29) is 44.1 Å². The molecule has 0 spiro atoms. The summed E-state index contributed by atoms with van der Waals surface area (Å²) < 4.78 is 0. The summed E-state index contributed by atoms with van der Waals surface area (Å²) in [5, 5.41) is 11.2. The van der Waals surface area contributed by atoms with Crippen molar-refractivity contribution in [2.45, 2.75) is 27.7 Å². The normalized spacial score (nSPS) is 9.53. The van der Waals surface area contributed by atoms with Crippen molar-refractivity contribution in [2.75, 3.05) is 5.73 Å². The first-order valence-corrected chi connectivity index (χ1v) is 5.22. The maximum absolute atomic E-state index is 7.87. The fraction of sp³-hybridized carbons (Fsp3) is 0.417. The molecule has 0 saturated heterocycles. The molecule has 1 rings (SSSR count). The van der Waals surface area contributed by atoms with Crippen molar-refractivity contribution in [3.05, 3.63) is 29.3 Å². The first-order chi connectivity index (χ1) is 7.47. The number of benzene rings is 1. The number of nitrogens with one attached hydrogen (secondary N) is 1. The molecule has 0 amide bonds. The van der Waals surface area contributed by atoms with Gasteiger partial charge in [-0.05, 0) is 37.0 Å². The Morgan fingerprint density at radius 3 is 2.29 bits per heavy atom. The monoisotopic (exact) mass is 368 g/mol. The Kier molecular flexibility index (Phi) is 12.3. The van der Waals surface area contributed by atoms with Gasteiger partial charge in [-0.2, -0.15) is 10.7 Å². The van der Waals surface area contributed by atoms with Gasteiger partial charge in [0.05, 0.1) is 0 Å². The Balaban J connectivity index is -0.000000105. The van der Waals surface area contributed by atoms with Gasteiger partial charge in [0.2, 0.25) is 0 Å². The Bertz CT molecular complexity index is 350. The molecule has 4 N–H and O–H groups in total. The van der Waals surface area contributed by atoms with Crippen LogP contribution >= 0.6 is 0 Å². The van der Waals surface area contributed by atoms with Crippen molar-refractivity contribution >= 4 is 11.9 Å². The van der Waals surface area contributed by atoms with Gasteiger partial charge in [-0.15, -0.1) is 0 Å². The molecular weight excluding hydrogens is 343 g/mol. The van der Waals surface area contributed by atoms with Crippen LogP contribution in [0.5, 0.6) is 0 Å². The largest absolute Gasteiger partial charge is 0.399 e. The van der Waals surface area contributed by atoms with Gasteiger partial charge in [-0.25, -0.2) is 0 Å². The van der Waals surface area contributed by atoms with E-state index in [1.165, 1.54) is 5.56 Å². The fourth-order valence-corrected chi connectivity index (χ4v) is 0.942. The quantitative estimate of drug-likeness (QED) is 0.427. The second kappa shape index (κ2) is 10.9. The van der Waals surface area contributed by atoms with Gasteiger partial charge in [-0.1, -0.05) is 26.0 Å². The molecule has 1 aromatic carbocycles. The van der Waals surface area contributed by atoms with Crippen molar-refractivity contribution in [1.82, 2.24) is 5.59 Å². The maximum Gasteiger partial charge on any atom is 0.0346 e. The predicted molar refractivity (Wildman–Crippen MR) is 72.8 cm³/mol. The standard InChI is InChI=1S/C8H11N.C4H10N2O.Pr.2H2/c1-6-3-4-7(2)8(9)5-6;1-4(2)3-5-6-7;;;/h3-5H,9H2,1-2H3;3-4,6-7H,1-2H3;;2*1H/b;5-3+;;;. The zero-order valence-corrected chi connectivity index (χ0v) is 14.6. The number of aryl methyl sites for hydroxylation is 2. The Hall–Kier alpha value is -0.186. The van der Waals surface area contributed by atoms with Crippen LogP contribution in [-0.2, 0) is 0 Å². The summed E-state index contributed by atoms with van der Waals surface area (Å²) >= 11 is 0. The summed E-state index contributed by atoms with van der Waals surface area (Å²) in [6.07, 6.45) is 1.61. The molecule has 1 radical (unpaired) electrons. The zero-order valence-electron chi connectivity index (χ0n) is 10.9. The van der Waals surface area contributed by atoms with Gasteiger partial charge < -0.3 is 5.73 Å². The van der Waals surface area contributed by atoms with Crippen molar-refractivity contribution in [2.24, 2.45) is 11.0 Å². The van der Waals surface area contributed by atoms with E-state index in [4.69, 9.17) is 10.9 Å². The topological polar surface area (TPSA) is 70.6 Å². The third-order valence-electron chi connectivity index (χ3n) is 1.87. The third kappa shape index (κ3) is 10.7. The van der Waals surface area contributed by atoms with Gasteiger partial charge in [-0.3, -0.25) is 5.21 Å². The molecule has 17 heavy (non-hydrogen) atoms. The fourth-order valence-electron chi connectivity index (χ4n) is 0.942. The molecular formula is C12H25N3OPr. The Morgan fingerprint density at radius 2 is 2.00 bits per heavy atom. The number of hydrogen-bond donors (Lipinski definition) is 3. The van der Waals surface area contributed by atoms with Crippen molar-refractivity contribution < 1.29 is 49.4 Å². The molecule has 97 valence electrons. The minimum absolute atomic E-state index is 0. The van der Waals surface area contributed by atoms with E-state index < -0.39 is 0 Å². The number of rotatable bonds is 2. The van der Waals surface area contributed by atoms with E-state index in [0.29, 0.717) is 5.92 Å². The summed E-state index contributed by atoms with van der Waals surface area (Å²) in [6, 6.07) is 6.08. The van der Waals surface area contributed by atoms with E-state index in [1.54, 1.807) is 11.8 Å². The number of nitrogens with two attached hydrogens (primary N) is 1. The van der Waals surface area contributed by atoms with Gasteiger partial charge >= 0.3 is 0 Å². The molecule has 0 fully saturated rings. The third-order valence-corrected chi connectivity index (χ3v) is 1.87. The van der Waals surface area contributed by atoms with E-state index >= 15 is 0 Å². The van der Waals surface area contributed by atoms with Gasteiger partial charge in [0, 0.05) is 56.0 Å². The summed E-state index contributed by atoms with van der Waals surface area (Å²) in [6.45, 7) is 7.99. The average Bonchev–Trinajstić information content (AvgIpc) is 2.22. The van der Waals surface area contributed by atoms with E-state index in [1.807, 2.05) is 39.8 Å². The number of nitrogen functional groups attached to an aromatic ring is 1. The zero-order chi connectivity index (χ0) is 12.6. The van der Waals surface area contributed by atoms with Crippen LogP contribution in [-0.4, -0.2) is 11.4 Å². The second-order valence-corrected chi connectivity index (χ2v) is 3.98. The number of nitrogens with zero attached hydrogens (tertiary/aromatic N) is 1. The molecule has 0 aliphatic carbocycles. The first kappa shape index (κ1) is 19.2. The van der Waals surface area contributed by atoms with Crippen LogP contribution in [0.1, 0.15) is 27.8 Å². The predicted octanol–water partition coefficient (Wildman–Crippen LogP) is 2.98. The van der Waals surface area contributed by atoms with Gasteiger partial charge in [0.15, 0.2) is 0 Å². The van der Waals surface area contributed by atoms with Crippen LogP contribution in [0, 0.1) is 61.1 Å². The number of hydrogen-bond acceptors (Lipinski definition) is 4. The summed E-state index contributed by atoms with van der Waals surface area (Å²) in [5.41, 5.74) is 10.5. The molecule has 0 unspecified atom stereocenters. The van der Waals surface area contributed by atoms with E-state index in [0.717, 1.165) is 11.3 Å². The number of anilines is 1. The van der Waals surface area contributed by atoms with Crippen molar-refractivity contribution in [3.8, 4) is 0 Å². The Morgan fingerprint density at radius 1 is 1.41 bits per heavy atom. The van der Waals surface area contributed by atoms with Crippen LogP contribution in [0.15, 0.2) is 23.3 Å². The molecule has 0 aliphatic heterocycles. The summed E-state index contributed by atoms with van der Waals surface area (Å²) in [5.74, 6) is 0.389. The minimum atomic E-state index is 0. The molecule has 0 heterocycles. The molecule has 4 nitrogen and oxygen atoms in total. The molecule has 0 aliphatic rings. The Labute approximate surface area is 140 Å². The molecule has 0 saturated carbocycles. The second-order valence-electron chi connectivity index (χ2n) is 3.98. The summed E-state index contributed by atoms with van der Waals surface area (Å²) in [7, 11) is 0. The van der Waals surface area contributed by atoms with Crippen LogP contribution in [0.25, 0.3) is 0 Å². The molecule has 1 aromatic rings. The molecule has 0 bridgehead atoms. The van der Waals surface area contributed by atoms with Crippen molar-refractivity contribution in [3.63, 3.8) is 0 Å².